The molecule has 4 nitrogen and oxygen atoms in total. The molecule has 32 heavy (non-hydrogen) atoms. The summed E-state index contributed by atoms with van der Waals surface area (Å²) in [7, 11) is 0. The van der Waals surface area contributed by atoms with Crippen molar-refractivity contribution >= 4 is 16.7 Å². The molecule has 1 unspecified atom stereocenters. The van der Waals surface area contributed by atoms with Crippen LogP contribution in [0.5, 0.6) is 0 Å². The van der Waals surface area contributed by atoms with Crippen LogP contribution in [-0.2, 0) is 18.5 Å². The van der Waals surface area contributed by atoms with Crippen molar-refractivity contribution in [1.82, 2.24) is 4.98 Å². The summed E-state index contributed by atoms with van der Waals surface area (Å²) in [5.74, 6) is -0.307. The summed E-state index contributed by atoms with van der Waals surface area (Å²) >= 11 is 0. The average Bonchev–Trinajstić information content (AvgIpc) is 3.18. The molecule has 162 valence electrons. The number of hydrogen-bond donors (Lipinski definition) is 3. The van der Waals surface area contributed by atoms with Crippen molar-refractivity contribution in [2.24, 2.45) is 11.5 Å². The summed E-state index contributed by atoms with van der Waals surface area (Å²) in [6, 6.07) is 19.7. The van der Waals surface area contributed by atoms with E-state index in [1.165, 1.54) is 35.4 Å². The minimum atomic E-state index is -0.987. The van der Waals surface area contributed by atoms with Gasteiger partial charge in [0, 0.05) is 22.0 Å². The van der Waals surface area contributed by atoms with E-state index in [0.29, 0.717) is 17.5 Å². The minimum Gasteiger partial charge on any atom is -0.356 e. The van der Waals surface area contributed by atoms with Crippen molar-refractivity contribution in [3.63, 3.8) is 0 Å². The summed E-state index contributed by atoms with van der Waals surface area (Å²) in [4.78, 5) is 16.4. The number of rotatable bonds is 4. The topological polar surface area (TPSA) is 84.9 Å². The van der Waals surface area contributed by atoms with Crippen LogP contribution in [0.4, 0.5) is 4.39 Å². The Morgan fingerprint density at radius 2 is 1.78 bits per heavy atom. The molecule has 1 heterocycles. The highest BCUT2D eigenvalue weighted by molar-refractivity contribution is 6.10. The van der Waals surface area contributed by atoms with Crippen LogP contribution in [0.25, 0.3) is 10.9 Å². The van der Waals surface area contributed by atoms with Crippen molar-refractivity contribution < 1.29 is 9.18 Å². The molecule has 0 aliphatic heterocycles. The molecule has 5 rings (SSSR count). The van der Waals surface area contributed by atoms with Gasteiger partial charge in [0.15, 0.2) is 5.78 Å². The Balaban J connectivity index is 1.59. The lowest BCUT2D eigenvalue weighted by molar-refractivity contribution is 0.103. The van der Waals surface area contributed by atoms with Crippen molar-refractivity contribution in [2.45, 2.75) is 37.8 Å². The standard InChI is InChI=1S/C27H26FN3O/c1-2-16-5-3-4-6-21(16)19-14-23-22-13-18(25(32)17-7-10-20(28)11-8-17)9-12-24(22)31-26(23)27(29,30)15-19/h3-13,19,31H,2,14-15,29-30H2,1H3. The Morgan fingerprint density at radius 1 is 1.06 bits per heavy atom. The maximum Gasteiger partial charge on any atom is 0.193 e. The van der Waals surface area contributed by atoms with Gasteiger partial charge in [-0.25, -0.2) is 4.39 Å². The Hall–Kier alpha value is -3.28. The van der Waals surface area contributed by atoms with Gasteiger partial charge in [-0.15, -0.1) is 0 Å². The molecule has 0 amide bonds. The number of aromatic nitrogens is 1. The van der Waals surface area contributed by atoms with E-state index in [1.807, 2.05) is 12.1 Å². The van der Waals surface area contributed by atoms with Gasteiger partial charge in [-0.3, -0.25) is 4.79 Å². The fourth-order valence-electron chi connectivity index (χ4n) is 5.07. The van der Waals surface area contributed by atoms with E-state index >= 15 is 0 Å². The van der Waals surface area contributed by atoms with Crippen LogP contribution < -0.4 is 11.5 Å². The zero-order valence-corrected chi connectivity index (χ0v) is 18.0. The number of benzene rings is 3. The molecule has 0 saturated carbocycles. The van der Waals surface area contributed by atoms with Gasteiger partial charge in [0.25, 0.3) is 0 Å². The zero-order chi connectivity index (χ0) is 22.5. The number of carbonyl (C=O) groups is 1. The lowest BCUT2D eigenvalue weighted by Crippen LogP contribution is -2.50. The number of aromatic amines is 1. The van der Waals surface area contributed by atoms with Crippen molar-refractivity contribution in [1.29, 1.82) is 0 Å². The molecule has 1 atom stereocenters. The minimum absolute atomic E-state index is 0.141. The second-order valence-electron chi connectivity index (χ2n) is 8.77. The smallest absolute Gasteiger partial charge is 0.193 e. The fourth-order valence-corrected chi connectivity index (χ4v) is 5.07. The highest BCUT2D eigenvalue weighted by Crippen LogP contribution is 2.42. The summed E-state index contributed by atoms with van der Waals surface area (Å²) < 4.78 is 13.3. The van der Waals surface area contributed by atoms with Gasteiger partial charge in [0.2, 0.25) is 0 Å². The first kappa shape index (κ1) is 20.6. The second-order valence-corrected chi connectivity index (χ2v) is 8.77. The van der Waals surface area contributed by atoms with E-state index in [-0.39, 0.29) is 17.5 Å². The van der Waals surface area contributed by atoms with Gasteiger partial charge in [0.1, 0.15) is 11.5 Å². The van der Waals surface area contributed by atoms with Crippen LogP contribution in [0.2, 0.25) is 0 Å². The molecule has 1 aromatic heterocycles. The van der Waals surface area contributed by atoms with Gasteiger partial charge in [-0.05, 0) is 84.3 Å². The Bertz CT molecular complexity index is 1320. The van der Waals surface area contributed by atoms with E-state index in [1.54, 1.807) is 6.07 Å². The van der Waals surface area contributed by atoms with Gasteiger partial charge in [0.05, 0.1) is 5.69 Å². The largest absolute Gasteiger partial charge is 0.356 e. The molecule has 0 saturated heterocycles. The number of ketones is 1. The summed E-state index contributed by atoms with van der Waals surface area (Å²) in [5, 5.41) is 0.965. The molecule has 1 aliphatic carbocycles. The van der Waals surface area contributed by atoms with E-state index < -0.39 is 5.66 Å². The molecule has 3 aromatic carbocycles. The quantitative estimate of drug-likeness (QED) is 0.320. The molecule has 0 fully saturated rings. The monoisotopic (exact) mass is 427 g/mol. The molecule has 0 spiro atoms. The number of nitrogens with one attached hydrogen (secondary N) is 1. The number of halogens is 1. The third-order valence-corrected chi connectivity index (χ3v) is 6.65. The number of fused-ring (bicyclic) bond motifs is 3. The van der Waals surface area contributed by atoms with Gasteiger partial charge < -0.3 is 16.5 Å². The van der Waals surface area contributed by atoms with Crippen LogP contribution >= 0.6 is 0 Å². The highest BCUT2D eigenvalue weighted by atomic mass is 19.1. The number of carbonyl (C=O) groups excluding carboxylic acids is 1. The Morgan fingerprint density at radius 3 is 2.53 bits per heavy atom. The molecule has 4 aromatic rings. The molecular formula is C27H26FN3O. The lowest BCUT2D eigenvalue weighted by atomic mass is 9.75. The van der Waals surface area contributed by atoms with E-state index in [2.05, 4.69) is 36.2 Å². The Kier molecular flexibility index (Phi) is 4.96. The second kappa shape index (κ2) is 7.69. The molecule has 0 radical (unpaired) electrons. The SMILES string of the molecule is CCc1ccccc1C1Cc2c([nH]c3ccc(C(=O)c4ccc(F)cc4)cc23)C(N)(N)C1. The third kappa shape index (κ3) is 3.44. The number of aryl methyl sites for hydroxylation is 1. The third-order valence-electron chi connectivity index (χ3n) is 6.65. The lowest BCUT2D eigenvalue weighted by Gasteiger charge is -2.36. The van der Waals surface area contributed by atoms with Crippen LogP contribution in [0.3, 0.4) is 0 Å². The van der Waals surface area contributed by atoms with Gasteiger partial charge >= 0.3 is 0 Å². The van der Waals surface area contributed by atoms with Crippen molar-refractivity contribution in [3.05, 3.63) is 106 Å². The van der Waals surface area contributed by atoms with Crippen molar-refractivity contribution in [3.8, 4) is 0 Å². The highest BCUT2D eigenvalue weighted by Gasteiger charge is 2.38. The first-order valence-corrected chi connectivity index (χ1v) is 11.0. The van der Waals surface area contributed by atoms with E-state index in [9.17, 15) is 9.18 Å². The number of hydrogen-bond acceptors (Lipinski definition) is 3. The molecular weight excluding hydrogens is 401 g/mol. The maximum atomic E-state index is 13.3. The van der Waals surface area contributed by atoms with E-state index in [0.717, 1.165) is 35.0 Å². The molecule has 1 aliphatic rings. The number of H-pyrrole nitrogens is 1. The normalized spacial score (nSPS) is 17.3. The fraction of sp³-hybridized carbons (Fsp3) is 0.222. The first-order valence-electron chi connectivity index (χ1n) is 11.0. The van der Waals surface area contributed by atoms with Crippen molar-refractivity contribution in [2.75, 3.05) is 0 Å². The predicted molar refractivity (Wildman–Crippen MR) is 125 cm³/mol. The average molecular weight is 428 g/mol. The summed E-state index contributed by atoms with van der Waals surface area (Å²) in [6.45, 7) is 2.16. The van der Waals surface area contributed by atoms with E-state index in [4.69, 9.17) is 11.5 Å². The van der Waals surface area contributed by atoms with Crippen LogP contribution in [0.15, 0.2) is 66.7 Å². The van der Waals surface area contributed by atoms with Gasteiger partial charge in [-0.2, -0.15) is 0 Å². The summed E-state index contributed by atoms with van der Waals surface area (Å²) in [5.41, 5.74) is 18.7. The number of nitrogens with two attached hydrogens (primary N) is 2. The zero-order valence-electron chi connectivity index (χ0n) is 18.0. The first-order chi connectivity index (χ1) is 15.4. The van der Waals surface area contributed by atoms with Gasteiger partial charge in [-0.1, -0.05) is 31.2 Å². The summed E-state index contributed by atoms with van der Waals surface area (Å²) in [6.07, 6.45) is 2.40. The Labute approximate surface area is 186 Å². The maximum absolute atomic E-state index is 13.3. The van der Waals surface area contributed by atoms with Crippen LogP contribution in [-0.4, -0.2) is 10.8 Å². The van der Waals surface area contributed by atoms with Crippen LogP contribution in [0.1, 0.15) is 57.6 Å². The molecule has 5 heteroatoms. The van der Waals surface area contributed by atoms with Crippen LogP contribution in [0, 0.1) is 5.82 Å². The molecule has 5 N–H and O–H groups in total. The predicted octanol–water partition coefficient (Wildman–Crippen LogP) is 4.90. The molecule has 0 bridgehead atoms.